The molecule has 1 saturated carbocycles. The van der Waals surface area contributed by atoms with Gasteiger partial charge in [-0.2, -0.15) is 0 Å². The van der Waals surface area contributed by atoms with E-state index in [-0.39, 0.29) is 5.56 Å². The second-order valence-electron chi connectivity index (χ2n) is 7.94. The molecule has 24 heavy (non-hydrogen) atoms. The largest absolute Gasteiger partial charge is 0.359 e. The summed E-state index contributed by atoms with van der Waals surface area (Å²) in [5.41, 5.74) is 1.33. The van der Waals surface area contributed by atoms with Crippen LogP contribution in [0.15, 0.2) is 35.1 Å². The third kappa shape index (κ3) is 2.32. The summed E-state index contributed by atoms with van der Waals surface area (Å²) in [6, 6.07) is 6.20. The number of allylic oxidation sites excluding steroid dienone is 1. The second kappa shape index (κ2) is 5.45. The molecule has 1 aromatic rings. The summed E-state index contributed by atoms with van der Waals surface area (Å²) in [7, 11) is 0. The number of nitrogens with zero attached hydrogens (tertiary/aromatic N) is 2. The Kier molecular flexibility index (Phi) is 3.34. The number of rotatable bonds is 1. The fraction of sp³-hybridized carbons (Fsp3) is 0.579. The normalized spacial score (nSPS) is 35.8. The fourth-order valence-electron chi connectivity index (χ4n) is 5.26. The molecule has 3 heterocycles. The summed E-state index contributed by atoms with van der Waals surface area (Å²) in [5, 5.41) is 4.56. The lowest BCUT2D eigenvalue weighted by Gasteiger charge is -2.44. The van der Waals surface area contributed by atoms with Crippen LogP contribution >= 0.6 is 12.2 Å². The molecule has 0 spiro atoms. The van der Waals surface area contributed by atoms with Gasteiger partial charge in [0, 0.05) is 43.4 Å². The predicted octanol–water partition coefficient (Wildman–Crippen LogP) is 2.11. The van der Waals surface area contributed by atoms with E-state index in [4.69, 9.17) is 12.2 Å². The predicted molar refractivity (Wildman–Crippen MR) is 98.0 cm³/mol. The molecule has 2 aliphatic heterocycles. The lowest BCUT2D eigenvalue weighted by Crippen LogP contribution is -2.53. The highest BCUT2D eigenvalue weighted by molar-refractivity contribution is 7.80. The number of fused-ring (bicyclic) bond motifs is 6. The van der Waals surface area contributed by atoms with Crippen molar-refractivity contribution in [2.75, 3.05) is 13.1 Å². The standard InChI is InChI=1S/C19H23N3OS/c23-18-3-1-2-17-15-7-13(10-22(17)18)9-21(11-15)19(24)20-16-8-12-4-5-14(16)6-12/h1-5,12-16H,6-11H2,(H,20,24)/t12-,13-,14-,15+,16+/m0/s1. The van der Waals surface area contributed by atoms with Crippen molar-refractivity contribution in [3.05, 3.63) is 46.4 Å². The summed E-state index contributed by atoms with van der Waals surface area (Å²) in [6.45, 7) is 2.74. The number of pyridine rings is 1. The average Bonchev–Trinajstić information content (AvgIpc) is 3.18. The van der Waals surface area contributed by atoms with Gasteiger partial charge in [0.15, 0.2) is 5.11 Å². The van der Waals surface area contributed by atoms with E-state index in [2.05, 4.69) is 28.4 Å². The monoisotopic (exact) mass is 341 g/mol. The highest BCUT2D eigenvalue weighted by Crippen LogP contribution is 2.39. The van der Waals surface area contributed by atoms with Gasteiger partial charge in [0.1, 0.15) is 0 Å². The fourth-order valence-corrected chi connectivity index (χ4v) is 5.56. The molecule has 4 nitrogen and oxygen atoms in total. The van der Waals surface area contributed by atoms with Crippen molar-refractivity contribution in [3.63, 3.8) is 0 Å². The van der Waals surface area contributed by atoms with E-state index >= 15 is 0 Å². The first-order valence-corrected chi connectivity index (χ1v) is 9.51. The van der Waals surface area contributed by atoms with Crippen molar-refractivity contribution in [2.45, 2.75) is 37.8 Å². The Morgan fingerprint density at radius 1 is 1.12 bits per heavy atom. The van der Waals surface area contributed by atoms with E-state index in [1.165, 1.54) is 25.0 Å². The van der Waals surface area contributed by atoms with Crippen LogP contribution in [-0.4, -0.2) is 33.7 Å². The summed E-state index contributed by atoms with van der Waals surface area (Å²) in [5.74, 6) is 2.37. The summed E-state index contributed by atoms with van der Waals surface area (Å²) in [6.07, 6.45) is 8.43. The molecule has 2 fully saturated rings. The van der Waals surface area contributed by atoms with Gasteiger partial charge in [0.25, 0.3) is 5.56 Å². The zero-order valence-corrected chi connectivity index (χ0v) is 14.5. The number of hydrogen-bond acceptors (Lipinski definition) is 2. The van der Waals surface area contributed by atoms with Gasteiger partial charge in [-0.1, -0.05) is 18.2 Å². The van der Waals surface area contributed by atoms with Gasteiger partial charge in [0.05, 0.1) is 0 Å². The number of piperidine rings is 1. The average molecular weight is 341 g/mol. The number of nitrogens with one attached hydrogen (secondary N) is 1. The molecule has 0 amide bonds. The highest BCUT2D eigenvalue weighted by Gasteiger charge is 2.38. The van der Waals surface area contributed by atoms with E-state index in [0.717, 1.165) is 30.7 Å². The molecular weight excluding hydrogens is 318 g/mol. The van der Waals surface area contributed by atoms with Crippen LogP contribution in [0.25, 0.3) is 0 Å². The Balaban J connectivity index is 1.32. The quantitative estimate of drug-likeness (QED) is 0.627. The Bertz CT molecular complexity index is 770. The minimum atomic E-state index is 0.144. The van der Waals surface area contributed by atoms with Crippen LogP contribution in [0.5, 0.6) is 0 Å². The molecule has 0 unspecified atom stereocenters. The smallest absolute Gasteiger partial charge is 0.250 e. The lowest BCUT2D eigenvalue weighted by atomic mass is 9.83. The van der Waals surface area contributed by atoms with Crippen molar-refractivity contribution >= 4 is 17.3 Å². The van der Waals surface area contributed by atoms with Crippen LogP contribution in [0.3, 0.4) is 0 Å². The third-order valence-electron chi connectivity index (χ3n) is 6.35. The topological polar surface area (TPSA) is 37.3 Å². The Morgan fingerprint density at radius 2 is 2.04 bits per heavy atom. The summed E-state index contributed by atoms with van der Waals surface area (Å²) < 4.78 is 1.98. The van der Waals surface area contributed by atoms with E-state index in [1.807, 2.05) is 10.6 Å². The third-order valence-corrected chi connectivity index (χ3v) is 6.73. The zero-order valence-electron chi connectivity index (χ0n) is 13.7. The molecule has 1 saturated heterocycles. The Morgan fingerprint density at radius 3 is 2.83 bits per heavy atom. The highest BCUT2D eigenvalue weighted by atomic mass is 32.1. The SMILES string of the molecule is O=c1cccc2n1C[C@H]1C[C@@H]2CN(C(=S)N[C@@H]2C[C@H]3C=C[C@H]2C3)C1. The van der Waals surface area contributed by atoms with E-state index < -0.39 is 0 Å². The number of thiocarbonyl (C=S) groups is 1. The molecular formula is C19H23N3OS. The van der Waals surface area contributed by atoms with Gasteiger partial charge < -0.3 is 14.8 Å². The maximum atomic E-state index is 12.1. The number of aromatic nitrogens is 1. The molecule has 4 bridgehead atoms. The zero-order chi connectivity index (χ0) is 16.3. The van der Waals surface area contributed by atoms with Crippen LogP contribution in [-0.2, 0) is 6.54 Å². The van der Waals surface area contributed by atoms with Gasteiger partial charge >= 0.3 is 0 Å². The first kappa shape index (κ1) is 14.7. The van der Waals surface area contributed by atoms with Crippen molar-refractivity contribution in [1.82, 2.24) is 14.8 Å². The lowest BCUT2D eigenvalue weighted by molar-refractivity contribution is 0.176. The molecule has 0 aromatic carbocycles. The molecule has 1 aromatic heterocycles. The number of hydrogen-bond donors (Lipinski definition) is 1. The van der Waals surface area contributed by atoms with E-state index in [0.29, 0.717) is 23.8 Å². The van der Waals surface area contributed by atoms with Gasteiger partial charge in [-0.15, -0.1) is 0 Å². The maximum Gasteiger partial charge on any atom is 0.250 e. The minimum absolute atomic E-state index is 0.144. The van der Waals surface area contributed by atoms with Crippen molar-refractivity contribution < 1.29 is 0 Å². The maximum absolute atomic E-state index is 12.1. The molecule has 5 atom stereocenters. The van der Waals surface area contributed by atoms with Crippen LogP contribution < -0.4 is 10.9 Å². The molecule has 5 rings (SSSR count). The van der Waals surface area contributed by atoms with Gasteiger partial charge in [-0.05, 0) is 55.3 Å². The van der Waals surface area contributed by atoms with Gasteiger partial charge in [0.2, 0.25) is 0 Å². The summed E-state index contributed by atoms with van der Waals surface area (Å²) in [4.78, 5) is 14.5. The van der Waals surface area contributed by atoms with Gasteiger partial charge in [-0.25, -0.2) is 0 Å². The van der Waals surface area contributed by atoms with Crippen molar-refractivity contribution in [3.8, 4) is 0 Å². The van der Waals surface area contributed by atoms with E-state index in [9.17, 15) is 4.79 Å². The molecule has 4 aliphatic rings. The molecule has 5 heteroatoms. The Hall–Kier alpha value is -1.62. The minimum Gasteiger partial charge on any atom is -0.359 e. The summed E-state index contributed by atoms with van der Waals surface area (Å²) >= 11 is 5.75. The van der Waals surface area contributed by atoms with Crippen LogP contribution in [0.4, 0.5) is 0 Å². The van der Waals surface area contributed by atoms with Crippen LogP contribution in [0, 0.1) is 17.8 Å². The Labute approximate surface area is 147 Å². The van der Waals surface area contributed by atoms with Crippen molar-refractivity contribution in [1.29, 1.82) is 0 Å². The first-order valence-electron chi connectivity index (χ1n) is 9.11. The molecule has 0 radical (unpaired) electrons. The molecule has 1 N–H and O–H groups in total. The van der Waals surface area contributed by atoms with E-state index in [1.54, 1.807) is 6.07 Å². The van der Waals surface area contributed by atoms with Gasteiger partial charge in [-0.3, -0.25) is 4.79 Å². The van der Waals surface area contributed by atoms with Crippen molar-refractivity contribution in [2.24, 2.45) is 17.8 Å². The number of likely N-dealkylation sites (tertiary alicyclic amines) is 1. The van der Waals surface area contributed by atoms with Crippen LogP contribution in [0.2, 0.25) is 0 Å². The molecule has 2 aliphatic carbocycles. The first-order chi connectivity index (χ1) is 11.7. The van der Waals surface area contributed by atoms with Crippen LogP contribution in [0.1, 0.15) is 30.9 Å². The molecule has 126 valence electrons. The second-order valence-corrected chi connectivity index (χ2v) is 8.33.